The Morgan fingerprint density at radius 3 is 2.50 bits per heavy atom. The zero-order valence-corrected chi connectivity index (χ0v) is 13.6. The molecule has 0 bridgehead atoms. The van der Waals surface area contributed by atoms with E-state index in [9.17, 15) is 9.59 Å². The van der Waals surface area contributed by atoms with Crippen molar-refractivity contribution in [1.29, 1.82) is 0 Å². The third kappa shape index (κ3) is 4.18. The van der Waals surface area contributed by atoms with Crippen molar-refractivity contribution in [1.82, 2.24) is 0 Å². The number of nitrogens with two attached hydrogens (primary N) is 1. The summed E-state index contributed by atoms with van der Waals surface area (Å²) in [5.74, 6) is -0.614. The number of anilines is 1. The van der Waals surface area contributed by atoms with Gasteiger partial charge in [-0.3, -0.25) is 9.59 Å². The first kappa shape index (κ1) is 16.2. The van der Waals surface area contributed by atoms with Crippen LogP contribution in [0.2, 0.25) is 0 Å². The van der Waals surface area contributed by atoms with Crippen LogP contribution < -0.4 is 11.1 Å². The minimum absolute atomic E-state index is 0.104. The average Bonchev–Trinajstić information content (AvgIpc) is 2.90. The molecule has 2 rings (SSSR count). The molecule has 1 heterocycles. The maximum Gasteiger partial charge on any atom is 0.251 e. The molecule has 0 fully saturated rings. The maximum atomic E-state index is 12.1. The van der Waals surface area contributed by atoms with E-state index >= 15 is 0 Å². The summed E-state index contributed by atoms with van der Waals surface area (Å²) in [5, 5.41) is 3.36. The van der Waals surface area contributed by atoms with Gasteiger partial charge in [0, 0.05) is 11.3 Å². The molecule has 0 saturated carbocycles. The third-order valence-corrected chi connectivity index (χ3v) is 4.61. The fraction of sp³-hybridized carbons (Fsp3) is 0.294. The molecule has 1 aromatic heterocycles. The SMILES string of the molecule is CCc1cc(C(N)=O)c(NC(=O)CCc2ccc(C)cc2)s1. The molecule has 0 aliphatic rings. The molecule has 4 nitrogen and oxygen atoms in total. The maximum absolute atomic E-state index is 12.1. The highest BCUT2D eigenvalue weighted by molar-refractivity contribution is 7.16. The fourth-order valence-electron chi connectivity index (χ4n) is 2.09. The van der Waals surface area contributed by atoms with Gasteiger partial charge in [0.15, 0.2) is 0 Å². The van der Waals surface area contributed by atoms with E-state index in [-0.39, 0.29) is 5.91 Å². The quantitative estimate of drug-likeness (QED) is 0.858. The molecular formula is C17H20N2O2S. The number of hydrogen-bond donors (Lipinski definition) is 2. The van der Waals surface area contributed by atoms with Crippen molar-refractivity contribution in [3.05, 3.63) is 51.9 Å². The van der Waals surface area contributed by atoms with Gasteiger partial charge in [0.25, 0.3) is 5.91 Å². The highest BCUT2D eigenvalue weighted by Crippen LogP contribution is 2.28. The molecule has 116 valence electrons. The molecule has 22 heavy (non-hydrogen) atoms. The summed E-state index contributed by atoms with van der Waals surface area (Å²) in [6.07, 6.45) is 1.86. The fourth-order valence-corrected chi connectivity index (χ4v) is 3.11. The van der Waals surface area contributed by atoms with Gasteiger partial charge in [-0.15, -0.1) is 11.3 Å². The summed E-state index contributed by atoms with van der Waals surface area (Å²) in [5.41, 5.74) is 8.07. The molecule has 1 aromatic carbocycles. The van der Waals surface area contributed by atoms with E-state index in [1.807, 2.05) is 38.1 Å². The monoisotopic (exact) mass is 316 g/mol. The molecule has 5 heteroatoms. The van der Waals surface area contributed by atoms with E-state index in [1.54, 1.807) is 6.07 Å². The standard InChI is InChI=1S/C17H20N2O2S/c1-3-13-10-14(16(18)21)17(22-13)19-15(20)9-8-12-6-4-11(2)5-7-12/h4-7,10H,3,8-9H2,1-2H3,(H2,18,21)(H,19,20). The van der Waals surface area contributed by atoms with Crippen LogP contribution in [0, 0.1) is 6.92 Å². The topological polar surface area (TPSA) is 72.2 Å². The van der Waals surface area contributed by atoms with Crippen LogP contribution in [0.1, 0.15) is 39.7 Å². The van der Waals surface area contributed by atoms with Crippen LogP contribution in [0.15, 0.2) is 30.3 Å². The van der Waals surface area contributed by atoms with Gasteiger partial charge in [-0.1, -0.05) is 36.8 Å². The zero-order valence-electron chi connectivity index (χ0n) is 12.8. The lowest BCUT2D eigenvalue weighted by Gasteiger charge is -2.05. The molecule has 0 saturated heterocycles. The van der Waals surface area contributed by atoms with Gasteiger partial charge in [-0.05, 0) is 31.4 Å². The molecule has 0 aliphatic carbocycles. The molecule has 0 spiro atoms. The van der Waals surface area contributed by atoms with Gasteiger partial charge < -0.3 is 11.1 Å². The molecule has 3 N–H and O–H groups in total. The molecule has 0 atom stereocenters. The Hall–Kier alpha value is -2.14. The van der Waals surface area contributed by atoms with Gasteiger partial charge in [0.1, 0.15) is 5.00 Å². The van der Waals surface area contributed by atoms with Crippen LogP contribution in [0.25, 0.3) is 0 Å². The van der Waals surface area contributed by atoms with E-state index in [4.69, 9.17) is 5.73 Å². The largest absolute Gasteiger partial charge is 0.366 e. The van der Waals surface area contributed by atoms with Crippen molar-refractivity contribution in [2.45, 2.75) is 33.1 Å². The highest BCUT2D eigenvalue weighted by atomic mass is 32.1. The summed E-state index contributed by atoms with van der Waals surface area (Å²) >= 11 is 1.41. The zero-order chi connectivity index (χ0) is 16.1. The molecular weight excluding hydrogens is 296 g/mol. The van der Waals surface area contributed by atoms with E-state index in [1.165, 1.54) is 16.9 Å². The molecule has 0 aliphatic heterocycles. The average molecular weight is 316 g/mol. The summed E-state index contributed by atoms with van der Waals surface area (Å²) in [7, 11) is 0. The van der Waals surface area contributed by atoms with Crippen LogP contribution in [0.3, 0.4) is 0 Å². The number of benzene rings is 1. The predicted octanol–water partition coefficient (Wildman–Crippen LogP) is 3.29. The number of hydrogen-bond acceptors (Lipinski definition) is 3. The van der Waals surface area contributed by atoms with Crippen molar-refractivity contribution in [3.8, 4) is 0 Å². The number of amides is 2. The van der Waals surface area contributed by atoms with Crippen molar-refractivity contribution in [2.24, 2.45) is 5.73 Å². The number of primary amides is 1. The van der Waals surface area contributed by atoms with E-state index < -0.39 is 5.91 Å². The summed E-state index contributed by atoms with van der Waals surface area (Å²) in [6, 6.07) is 9.87. The Labute approximate surface area is 134 Å². The van der Waals surface area contributed by atoms with Crippen molar-refractivity contribution in [3.63, 3.8) is 0 Å². The number of carbonyl (C=O) groups excluding carboxylic acids is 2. The molecule has 0 radical (unpaired) electrons. The molecule has 0 unspecified atom stereocenters. The lowest BCUT2D eigenvalue weighted by Crippen LogP contribution is -2.16. The van der Waals surface area contributed by atoms with Crippen molar-refractivity contribution >= 4 is 28.2 Å². The Bertz CT molecular complexity index is 674. The van der Waals surface area contributed by atoms with E-state index in [0.717, 1.165) is 16.9 Å². The van der Waals surface area contributed by atoms with Gasteiger partial charge >= 0.3 is 0 Å². The van der Waals surface area contributed by atoms with Crippen LogP contribution >= 0.6 is 11.3 Å². The number of carbonyl (C=O) groups is 2. The number of thiophene rings is 1. The van der Waals surface area contributed by atoms with Gasteiger partial charge in [-0.25, -0.2) is 0 Å². The van der Waals surface area contributed by atoms with Gasteiger partial charge in [0.05, 0.1) is 5.56 Å². The first-order chi connectivity index (χ1) is 10.5. The van der Waals surface area contributed by atoms with E-state index in [2.05, 4.69) is 5.32 Å². The first-order valence-electron chi connectivity index (χ1n) is 7.27. The minimum Gasteiger partial charge on any atom is -0.366 e. The van der Waals surface area contributed by atoms with Crippen LogP contribution in [-0.2, 0) is 17.6 Å². The molecule has 2 amide bonds. The number of aryl methyl sites for hydroxylation is 3. The predicted molar refractivity (Wildman–Crippen MR) is 90.3 cm³/mol. The minimum atomic E-state index is -0.509. The second-order valence-electron chi connectivity index (χ2n) is 5.21. The smallest absolute Gasteiger partial charge is 0.251 e. The summed E-state index contributed by atoms with van der Waals surface area (Å²) in [4.78, 5) is 24.5. The number of nitrogens with one attached hydrogen (secondary N) is 1. The van der Waals surface area contributed by atoms with Crippen LogP contribution in [0.4, 0.5) is 5.00 Å². The first-order valence-corrected chi connectivity index (χ1v) is 8.09. The van der Waals surface area contributed by atoms with Gasteiger partial charge in [0.2, 0.25) is 5.91 Å². The Balaban J connectivity index is 1.98. The summed E-state index contributed by atoms with van der Waals surface area (Å²) < 4.78 is 0. The number of rotatable bonds is 6. The summed E-state index contributed by atoms with van der Waals surface area (Å²) in [6.45, 7) is 4.03. The van der Waals surface area contributed by atoms with Gasteiger partial charge in [-0.2, -0.15) is 0 Å². The van der Waals surface area contributed by atoms with Crippen LogP contribution in [-0.4, -0.2) is 11.8 Å². The second-order valence-corrected chi connectivity index (χ2v) is 6.34. The Kier molecular flexibility index (Phi) is 5.33. The van der Waals surface area contributed by atoms with Crippen molar-refractivity contribution in [2.75, 3.05) is 5.32 Å². The second kappa shape index (κ2) is 7.22. The normalized spacial score (nSPS) is 10.5. The third-order valence-electron chi connectivity index (χ3n) is 3.41. The lowest BCUT2D eigenvalue weighted by molar-refractivity contribution is -0.116. The van der Waals surface area contributed by atoms with Crippen LogP contribution in [0.5, 0.6) is 0 Å². The Morgan fingerprint density at radius 2 is 1.91 bits per heavy atom. The Morgan fingerprint density at radius 1 is 1.23 bits per heavy atom. The highest BCUT2D eigenvalue weighted by Gasteiger charge is 2.15. The lowest BCUT2D eigenvalue weighted by atomic mass is 10.1. The molecule has 2 aromatic rings. The van der Waals surface area contributed by atoms with E-state index in [0.29, 0.717) is 23.4 Å². The van der Waals surface area contributed by atoms with Crippen molar-refractivity contribution < 1.29 is 9.59 Å².